The van der Waals surface area contributed by atoms with E-state index in [0.717, 1.165) is 116 Å². The summed E-state index contributed by atoms with van der Waals surface area (Å²) in [5.74, 6) is -1.23. The largest absolute Gasteiger partial charge is 0.454 e. The first-order chi connectivity index (χ1) is 37.7. The molecule has 0 bridgehead atoms. The first kappa shape index (κ1) is 71.6. The lowest BCUT2D eigenvalue weighted by atomic mass is 9.99. The van der Waals surface area contributed by atoms with Crippen molar-refractivity contribution in [3.05, 3.63) is 97.2 Å². The number of carbonyl (C=O) groups excluding carboxylic acids is 2. The fraction of sp³-hybridized carbons (Fsp3) is 0.727. The van der Waals surface area contributed by atoms with Gasteiger partial charge in [-0.25, -0.2) is 0 Å². The molecule has 1 rings (SSSR count). The monoisotopic (exact) mass is 1080 g/mol. The molecule has 77 heavy (non-hydrogen) atoms. The van der Waals surface area contributed by atoms with Crippen LogP contribution in [-0.4, -0.2) is 99.6 Å². The number of aliphatic hydroxyl groups is 5. The van der Waals surface area contributed by atoms with E-state index in [1.807, 2.05) is 18.2 Å². The molecule has 0 aromatic carbocycles. The summed E-state index contributed by atoms with van der Waals surface area (Å²) in [6, 6.07) is -1.04. The molecule has 0 aromatic rings. The molecule has 1 saturated heterocycles. The van der Waals surface area contributed by atoms with Crippen LogP contribution >= 0.6 is 0 Å². The van der Waals surface area contributed by atoms with Crippen LogP contribution in [0.25, 0.3) is 0 Å². The molecule has 442 valence electrons. The summed E-state index contributed by atoms with van der Waals surface area (Å²) in [5, 5.41) is 57.0. The highest BCUT2D eigenvalue weighted by atomic mass is 16.7. The van der Waals surface area contributed by atoms with Crippen molar-refractivity contribution in [2.24, 2.45) is 0 Å². The van der Waals surface area contributed by atoms with E-state index in [2.05, 4.69) is 99.0 Å². The van der Waals surface area contributed by atoms with E-state index in [1.165, 1.54) is 83.5 Å². The molecule has 11 heteroatoms. The predicted octanol–water partition coefficient (Wildman–Crippen LogP) is 14.7. The molecule has 0 spiro atoms. The maximum absolute atomic E-state index is 13.4. The first-order valence-electron chi connectivity index (χ1n) is 31.0. The van der Waals surface area contributed by atoms with Gasteiger partial charge in [-0.3, -0.25) is 9.59 Å². The number of rotatable bonds is 51. The van der Waals surface area contributed by atoms with Crippen LogP contribution in [0.15, 0.2) is 97.2 Å². The number of carbonyl (C=O) groups is 2. The summed E-state index contributed by atoms with van der Waals surface area (Å²) in [4.78, 5) is 26.5. The van der Waals surface area contributed by atoms with Crippen LogP contribution in [0.1, 0.15) is 245 Å². The maximum atomic E-state index is 13.4. The molecule has 0 aliphatic carbocycles. The van der Waals surface area contributed by atoms with E-state index in [0.29, 0.717) is 12.8 Å². The molecule has 8 atom stereocenters. The minimum absolute atomic E-state index is 0.0963. The van der Waals surface area contributed by atoms with Crippen LogP contribution in [-0.2, 0) is 23.8 Å². The van der Waals surface area contributed by atoms with E-state index >= 15 is 0 Å². The molecular formula is C66H113NO10. The van der Waals surface area contributed by atoms with Gasteiger partial charge in [-0.15, -0.1) is 0 Å². The summed E-state index contributed by atoms with van der Waals surface area (Å²) < 4.78 is 17.6. The fourth-order valence-electron chi connectivity index (χ4n) is 9.10. The van der Waals surface area contributed by atoms with Gasteiger partial charge in [0.15, 0.2) is 12.4 Å². The Morgan fingerprint density at radius 3 is 1.53 bits per heavy atom. The highest BCUT2D eigenvalue weighted by molar-refractivity contribution is 5.80. The van der Waals surface area contributed by atoms with Crippen molar-refractivity contribution in [3.8, 4) is 0 Å². The van der Waals surface area contributed by atoms with Gasteiger partial charge in [-0.2, -0.15) is 0 Å². The van der Waals surface area contributed by atoms with Crippen molar-refractivity contribution in [1.82, 2.24) is 5.32 Å². The van der Waals surface area contributed by atoms with Crippen molar-refractivity contribution in [1.29, 1.82) is 0 Å². The molecule has 8 unspecified atom stereocenters. The van der Waals surface area contributed by atoms with Gasteiger partial charge in [0, 0.05) is 6.42 Å². The van der Waals surface area contributed by atoms with Crippen LogP contribution in [0.4, 0.5) is 0 Å². The van der Waals surface area contributed by atoms with Gasteiger partial charge in [0.25, 0.3) is 0 Å². The third-order valence-corrected chi connectivity index (χ3v) is 14.0. The number of unbranched alkanes of at least 4 members (excludes halogenated alkanes) is 25. The highest BCUT2D eigenvalue weighted by Crippen LogP contribution is 2.26. The molecule has 1 amide bonds. The molecule has 1 fully saturated rings. The fourth-order valence-corrected chi connectivity index (χ4v) is 9.10. The molecule has 0 aromatic heterocycles. The number of esters is 1. The lowest BCUT2D eigenvalue weighted by molar-refractivity contribution is -0.305. The Morgan fingerprint density at radius 1 is 0.532 bits per heavy atom. The van der Waals surface area contributed by atoms with Crippen molar-refractivity contribution in [2.45, 2.75) is 294 Å². The van der Waals surface area contributed by atoms with Crippen LogP contribution in [0.2, 0.25) is 0 Å². The van der Waals surface area contributed by atoms with E-state index in [-0.39, 0.29) is 19.4 Å². The van der Waals surface area contributed by atoms with Gasteiger partial charge in [0.2, 0.25) is 5.91 Å². The molecule has 1 heterocycles. The Kier molecular flexibility index (Phi) is 49.5. The van der Waals surface area contributed by atoms with Crippen molar-refractivity contribution in [3.63, 3.8) is 0 Å². The molecule has 0 radical (unpaired) electrons. The van der Waals surface area contributed by atoms with Gasteiger partial charge >= 0.3 is 5.97 Å². The van der Waals surface area contributed by atoms with Crippen LogP contribution in [0, 0.1) is 0 Å². The summed E-state index contributed by atoms with van der Waals surface area (Å²) in [6.45, 7) is 5.61. The average Bonchev–Trinajstić information content (AvgIpc) is 3.43. The molecule has 1 aliphatic rings. The zero-order valence-electron chi connectivity index (χ0n) is 48.8. The Labute approximate surface area is 469 Å². The normalized spacial score (nSPS) is 19.7. The SMILES string of the molecule is CC/C=C/C=C/C=C/CCCCCCCCC(O)C(=O)NC(COC1OC(CO)C(O)C(O)C1OC(=O)CCCCCCC/C=C\C/C=C\C/C=C\C/C=C\CCCCC)C(O)/C=C/CCCCCCCCCCCCC. The predicted molar refractivity (Wildman–Crippen MR) is 319 cm³/mol. The van der Waals surface area contributed by atoms with Gasteiger partial charge in [-0.05, 0) is 89.9 Å². The zero-order chi connectivity index (χ0) is 56.1. The lowest BCUT2D eigenvalue weighted by Gasteiger charge is -2.41. The third kappa shape index (κ3) is 41.3. The van der Waals surface area contributed by atoms with E-state index in [1.54, 1.807) is 6.08 Å². The lowest BCUT2D eigenvalue weighted by Crippen LogP contribution is -2.61. The van der Waals surface area contributed by atoms with Gasteiger partial charge in [0.05, 0.1) is 25.4 Å². The number of hydrogen-bond acceptors (Lipinski definition) is 10. The van der Waals surface area contributed by atoms with Crippen molar-refractivity contribution in [2.75, 3.05) is 13.2 Å². The maximum Gasteiger partial charge on any atom is 0.306 e. The number of amides is 1. The Bertz CT molecular complexity index is 1620. The van der Waals surface area contributed by atoms with Gasteiger partial charge in [-0.1, -0.05) is 246 Å². The topological polar surface area (TPSA) is 175 Å². The third-order valence-electron chi connectivity index (χ3n) is 14.0. The number of ether oxygens (including phenoxy) is 3. The second kappa shape index (κ2) is 53.2. The van der Waals surface area contributed by atoms with Crippen molar-refractivity contribution < 1.29 is 49.3 Å². The minimum atomic E-state index is -1.63. The number of nitrogens with one attached hydrogen (secondary N) is 1. The van der Waals surface area contributed by atoms with Crippen LogP contribution in [0.5, 0.6) is 0 Å². The quantitative estimate of drug-likeness (QED) is 0.0149. The Morgan fingerprint density at radius 2 is 0.987 bits per heavy atom. The summed E-state index contributed by atoms with van der Waals surface area (Å²) in [5.41, 5.74) is 0. The first-order valence-corrected chi connectivity index (χ1v) is 31.0. The van der Waals surface area contributed by atoms with Gasteiger partial charge < -0.3 is 45.1 Å². The van der Waals surface area contributed by atoms with E-state index in [9.17, 15) is 35.1 Å². The summed E-state index contributed by atoms with van der Waals surface area (Å²) in [7, 11) is 0. The average molecular weight is 1080 g/mol. The van der Waals surface area contributed by atoms with Gasteiger partial charge in [0.1, 0.15) is 24.4 Å². The van der Waals surface area contributed by atoms with E-state index < -0.39 is 67.4 Å². The van der Waals surface area contributed by atoms with E-state index in [4.69, 9.17) is 14.2 Å². The highest BCUT2D eigenvalue weighted by Gasteiger charge is 2.47. The number of allylic oxidation sites excluding steroid dienone is 15. The second-order valence-corrected chi connectivity index (χ2v) is 21.1. The number of hydrogen-bond donors (Lipinski definition) is 6. The number of aliphatic hydroxyl groups excluding tert-OH is 5. The Balaban J connectivity index is 2.70. The summed E-state index contributed by atoms with van der Waals surface area (Å²) in [6.07, 6.45) is 60.1. The second-order valence-electron chi connectivity index (χ2n) is 21.1. The molecule has 6 N–H and O–H groups in total. The molecule has 0 saturated carbocycles. The van der Waals surface area contributed by atoms with Crippen LogP contribution < -0.4 is 5.32 Å². The molecule has 11 nitrogen and oxygen atoms in total. The van der Waals surface area contributed by atoms with Crippen LogP contribution in [0.3, 0.4) is 0 Å². The summed E-state index contributed by atoms with van der Waals surface area (Å²) >= 11 is 0. The molecule has 1 aliphatic heterocycles. The molecular weight excluding hydrogens is 967 g/mol. The zero-order valence-corrected chi connectivity index (χ0v) is 48.8. The Hall–Kier alpha value is -3.42. The smallest absolute Gasteiger partial charge is 0.306 e. The minimum Gasteiger partial charge on any atom is -0.454 e. The van der Waals surface area contributed by atoms with Crippen molar-refractivity contribution >= 4 is 11.9 Å². The standard InChI is InChI=1S/C66H113NO10/c1-4-7-10-13-16-19-22-25-27-28-29-30-31-32-33-36-39-42-45-48-51-54-61(71)77-64-63(73)62(72)60(55-68)76-66(64)75-56-57(58(69)52-49-46-43-40-37-34-24-21-18-15-12-9-6-3)67-65(74)59(70)53-50-47-44-41-38-35-26-23-20-17-14-11-8-5-2/h8,11,14,16-17,19-20,23,25,27,29-30,32-33,49,52,57-60,62-64,66,68-70,72-73H,4-7,9-10,12-13,15,18,21-22,24,26,28,31,34-48,50-51,53-56H2,1-3H3,(H,67,74)/b11-8+,17-14+,19-16-,23-20+,27-25-,30-29-,33-32-,52-49+.